The van der Waals surface area contributed by atoms with Crippen LogP contribution in [0.1, 0.15) is 20.7 Å². The predicted octanol–water partition coefficient (Wildman–Crippen LogP) is 3.81. The summed E-state index contributed by atoms with van der Waals surface area (Å²) in [7, 11) is 7.81. The summed E-state index contributed by atoms with van der Waals surface area (Å²) < 4.78 is 8.26. The van der Waals surface area contributed by atoms with E-state index in [9.17, 15) is 14.7 Å². The van der Waals surface area contributed by atoms with Crippen LogP contribution in [0.25, 0.3) is 33.4 Å². The summed E-state index contributed by atoms with van der Waals surface area (Å²) in [4.78, 5) is 25.3. The molecular weight excluding hydrogens is 392 g/mol. The lowest BCUT2D eigenvalue weighted by molar-refractivity contribution is 0.0697. The summed E-state index contributed by atoms with van der Waals surface area (Å²) in [5.41, 5.74) is 4.13. The van der Waals surface area contributed by atoms with Crippen LogP contribution in [-0.2, 0) is 0 Å². The van der Waals surface area contributed by atoms with Crippen molar-refractivity contribution in [1.82, 2.24) is 4.58 Å². The minimum absolute atomic E-state index is 0.0757. The number of benzene rings is 3. The van der Waals surface area contributed by atoms with Crippen LogP contribution < -0.4 is 14.8 Å². The van der Waals surface area contributed by atoms with Gasteiger partial charge in [0.15, 0.2) is 0 Å². The molecule has 2 aromatic rings. The summed E-state index contributed by atoms with van der Waals surface area (Å²) in [6.07, 6.45) is 0.652. The van der Waals surface area contributed by atoms with Crippen molar-refractivity contribution in [1.29, 1.82) is 0 Å². The van der Waals surface area contributed by atoms with Crippen LogP contribution in [0.15, 0.2) is 59.0 Å². The van der Waals surface area contributed by atoms with Crippen molar-refractivity contribution in [3.8, 4) is 22.5 Å². The highest BCUT2D eigenvalue weighted by atomic mass is 16.4. The highest BCUT2D eigenvalue weighted by molar-refractivity contribution is 6.08. The first-order chi connectivity index (χ1) is 14.8. The normalized spacial score (nSPS) is 11.0. The van der Waals surface area contributed by atoms with Gasteiger partial charge in [0.25, 0.3) is 0 Å². The van der Waals surface area contributed by atoms with Crippen molar-refractivity contribution in [3.63, 3.8) is 0 Å². The van der Waals surface area contributed by atoms with Gasteiger partial charge in [0.05, 0.1) is 11.6 Å². The maximum absolute atomic E-state index is 12.1. The molecule has 0 saturated carbocycles. The average Bonchev–Trinajstić information content (AvgIpc) is 2.76. The van der Waals surface area contributed by atoms with Gasteiger partial charge in [-0.1, -0.05) is 12.1 Å². The summed E-state index contributed by atoms with van der Waals surface area (Å²) >= 11 is 0. The Bertz CT molecular complexity index is 1380. The Hall–Kier alpha value is -3.93. The Balaban J connectivity index is 2.18. The van der Waals surface area contributed by atoms with Crippen molar-refractivity contribution in [3.05, 3.63) is 71.1 Å². The van der Waals surface area contributed by atoms with Gasteiger partial charge in [-0.2, -0.15) is 0 Å². The van der Waals surface area contributed by atoms with Gasteiger partial charge < -0.3 is 14.4 Å². The molecule has 0 unspecified atom stereocenters. The first-order valence-electron chi connectivity index (χ1n) is 9.81. The lowest BCUT2D eigenvalue weighted by Crippen LogP contribution is -2.21. The second-order valence-electron chi connectivity index (χ2n) is 7.85. The van der Waals surface area contributed by atoms with E-state index >= 15 is 0 Å². The molecule has 2 aromatic carbocycles. The number of aldehydes is 1. The highest BCUT2D eigenvalue weighted by Crippen LogP contribution is 2.42. The quantitative estimate of drug-likeness (QED) is 0.312. The minimum Gasteiger partial charge on any atom is -0.478 e. The van der Waals surface area contributed by atoms with E-state index in [1.807, 2.05) is 74.1 Å². The molecule has 0 atom stereocenters. The number of carbonyl (C=O) groups excluding carboxylic acids is 1. The zero-order valence-electron chi connectivity index (χ0n) is 17.8. The lowest BCUT2D eigenvalue weighted by Gasteiger charge is -2.19. The maximum atomic E-state index is 12.1. The van der Waals surface area contributed by atoms with E-state index in [1.165, 1.54) is 6.07 Å². The van der Waals surface area contributed by atoms with Crippen molar-refractivity contribution in [2.75, 3.05) is 33.1 Å². The molecule has 1 heterocycles. The molecule has 1 aliphatic heterocycles. The van der Waals surface area contributed by atoms with Crippen molar-refractivity contribution in [2.45, 2.75) is 0 Å². The SMILES string of the molecule is CN(C)c1ccc2c(-c3ccc(C=O)cc3C(=O)O)c3ccc(=[N+](C)C)cc-3oc2c1. The number of hydrogen-bond donors (Lipinski definition) is 1. The van der Waals surface area contributed by atoms with Crippen LogP contribution in [0.4, 0.5) is 5.69 Å². The number of rotatable bonds is 4. The van der Waals surface area contributed by atoms with E-state index in [2.05, 4.69) is 0 Å². The zero-order chi connectivity index (χ0) is 22.3. The molecule has 1 N–H and O–H groups in total. The van der Waals surface area contributed by atoms with E-state index < -0.39 is 5.97 Å². The molecule has 0 spiro atoms. The zero-order valence-corrected chi connectivity index (χ0v) is 17.8. The van der Waals surface area contributed by atoms with Gasteiger partial charge in [0.1, 0.15) is 31.7 Å². The van der Waals surface area contributed by atoms with Crippen molar-refractivity contribution >= 4 is 28.9 Å². The first kappa shape index (κ1) is 20.3. The highest BCUT2D eigenvalue weighted by Gasteiger charge is 2.22. The summed E-state index contributed by atoms with van der Waals surface area (Å²) in [5.74, 6) is -0.434. The number of aromatic carboxylic acids is 1. The van der Waals surface area contributed by atoms with E-state index in [0.717, 1.165) is 27.6 Å². The Morgan fingerprint density at radius 3 is 2.39 bits per heavy atom. The van der Waals surface area contributed by atoms with Crippen LogP contribution in [0.2, 0.25) is 0 Å². The molecule has 6 nitrogen and oxygen atoms in total. The third kappa shape index (κ3) is 3.57. The molecule has 2 aliphatic rings. The van der Waals surface area contributed by atoms with E-state index in [4.69, 9.17) is 4.42 Å². The largest absolute Gasteiger partial charge is 0.478 e. The minimum atomic E-state index is -1.09. The molecule has 0 amide bonds. The Morgan fingerprint density at radius 1 is 1.00 bits per heavy atom. The fourth-order valence-corrected chi connectivity index (χ4v) is 3.74. The number of carbonyl (C=O) groups is 2. The number of hydrogen-bond acceptors (Lipinski definition) is 4. The van der Waals surface area contributed by atoms with Gasteiger partial charge in [-0.15, -0.1) is 0 Å². The maximum Gasteiger partial charge on any atom is 0.336 e. The molecule has 0 fully saturated rings. The van der Waals surface area contributed by atoms with Crippen molar-refractivity contribution in [2.24, 2.45) is 0 Å². The van der Waals surface area contributed by atoms with Gasteiger partial charge in [-0.3, -0.25) is 4.79 Å². The molecule has 4 rings (SSSR count). The van der Waals surface area contributed by atoms with Gasteiger partial charge in [-0.05, 0) is 29.8 Å². The van der Waals surface area contributed by atoms with E-state index in [1.54, 1.807) is 12.1 Å². The standard InChI is InChI=1S/C25H22N2O4/c1-26(2)16-6-9-19-22(12-16)31-23-13-17(27(3)4)7-10-20(23)24(19)18-8-5-15(14-28)11-21(18)25(29)30/h5-14H,1-4H3/p+1. The number of anilines is 1. The molecular formula is C25H23N2O4+. The van der Waals surface area contributed by atoms with Gasteiger partial charge >= 0.3 is 5.97 Å². The van der Waals surface area contributed by atoms with Crippen LogP contribution >= 0.6 is 0 Å². The Kier molecular flexibility index (Phi) is 5.07. The summed E-state index contributed by atoms with van der Waals surface area (Å²) in [6.45, 7) is 0. The van der Waals surface area contributed by atoms with Crippen LogP contribution in [0.5, 0.6) is 0 Å². The van der Waals surface area contributed by atoms with Crippen LogP contribution in [0, 0.1) is 0 Å². The van der Waals surface area contributed by atoms with Crippen LogP contribution in [-0.4, -0.2) is 45.6 Å². The Morgan fingerprint density at radius 2 is 1.74 bits per heavy atom. The van der Waals surface area contributed by atoms with Gasteiger partial charge in [0.2, 0.25) is 5.36 Å². The van der Waals surface area contributed by atoms with Gasteiger partial charge in [-0.25, -0.2) is 9.37 Å². The van der Waals surface area contributed by atoms with Crippen LogP contribution in [0.3, 0.4) is 0 Å². The second kappa shape index (κ2) is 7.72. The fourth-order valence-electron chi connectivity index (χ4n) is 3.74. The Labute approximate surface area is 179 Å². The number of carboxylic acids is 1. The number of nitrogens with zero attached hydrogens (tertiary/aromatic N) is 2. The third-order valence-corrected chi connectivity index (χ3v) is 5.40. The van der Waals surface area contributed by atoms with Crippen molar-refractivity contribution < 1.29 is 19.1 Å². The molecule has 156 valence electrons. The summed E-state index contributed by atoms with van der Waals surface area (Å²) in [6, 6.07) is 16.5. The first-order valence-corrected chi connectivity index (χ1v) is 9.81. The molecule has 0 aromatic heterocycles. The summed E-state index contributed by atoms with van der Waals surface area (Å²) in [5, 5.41) is 11.6. The number of fused-ring (bicyclic) bond motifs is 2. The molecule has 6 heteroatoms. The molecule has 0 saturated heterocycles. The molecule has 31 heavy (non-hydrogen) atoms. The molecule has 0 radical (unpaired) electrons. The van der Waals surface area contributed by atoms with E-state index in [0.29, 0.717) is 28.8 Å². The lowest BCUT2D eigenvalue weighted by atomic mass is 9.90. The topological polar surface area (TPSA) is 73.8 Å². The third-order valence-electron chi connectivity index (χ3n) is 5.40. The van der Waals surface area contributed by atoms with E-state index in [-0.39, 0.29) is 5.56 Å². The van der Waals surface area contributed by atoms with Gasteiger partial charge in [0, 0.05) is 54.0 Å². The molecule has 1 aliphatic carbocycles. The number of carboxylic acid groups (broad SMARTS) is 1. The predicted molar refractivity (Wildman–Crippen MR) is 122 cm³/mol. The average molecular weight is 415 g/mol. The smallest absolute Gasteiger partial charge is 0.336 e. The monoisotopic (exact) mass is 415 g/mol. The second-order valence-corrected chi connectivity index (χ2v) is 7.85. The fraction of sp³-hybridized carbons (Fsp3) is 0.160. The molecule has 0 bridgehead atoms.